The van der Waals surface area contributed by atoms with Gasteiger partial charge >= 0.3 is 0 Å². The standard InChI is InChI=1S/C16H25IN4O2S/c1-2-21(19)20-15(18)13-3-5-14(6-4-13)22-11-9-16(7-8-16)10-12-23-24-17/h3-6H,2,7-12,19H2,1H3,(H2,18,20). The average molecular weight is 464 g/mol. The summed E-state index contributed by atoms with van der Waals surface area (Å²) in [5.74, 6) is 6.88. The number of amidine groups is 1. The van der Waals surface area contributed by atoms with Gasteiger partial charge in [0.1, 0.15) is 5.75 Å². The van der Waals surface area contributed by atoms with Gasteiger partial charge in [-0.2, -0.15) is 0 Å². The number of rotatable bonds is 11. The predicted octanol–water partition coefficient (Wildman–Crippen LogP) is 3.46. The van der Waals surface area contributed by atoms with Crippen molar-refractivity contribution in [3.8, 4) is 5.75 Å². The largest absolute Gasteiger partial charge is 0.494 e. The van der Waals surface area contributed by atoms with E-state index < -0.39 is 0 Å². The van der Waals surface area contributed by atoms with E-state index in [0.29, 0.717) is 17.8 Å². The van der Waals surface area contributed by atoms with Crippen LogP contribution < -0.4 is 16.3 Å². The highest BCUT2D eigenvalue weighted by Crippen LogP contribution is 2.51. The molecule has 1 aromatic carbocycles. The summed E-state index contributed by atoms with van der Waals surface area (Å²) in [7, 11) is 1.41. The second-order valence-electron chi connectivity index (χ2n) is 6.00. The molecule has 1 saturated carbocycles. The fourth-order valence-corrected chi connectivity index (χ4v) is 3.15. The molecule has 1 aliphatic carbocycles. The highest BCUT2D eigenvalue weighted by atomic mass is 127. The monoisotopic (exact) mass is 464 g/mol. The predicted molar refractivity (Wildman–Crippen MR) is 108 cm³/mol. The molecule has 0 saturated heterocycles. The number of hydrogen-bond acceptors (Lipinski definition) is 6. The van der Waals surface area contributed by atoms with Gasteiger partial charge in [-0.25, -0.2) is 11.0 Å². The molecular formula is C16H25IN4O2S. The maximum atomic E-state index is 5.92. The molecule has 8 heteroatoms. The highest BCUT2D eigenvalue weighted by Gasteiger charge is 2.41. The second kappa shape index (κ2) is 9.69. The minimum absolute atomic E-state index is 0.399. The first-order chi connectivity index (χ1) is 11.6. The van der Waals surface area contributed by atoms with E-state index in [1.807, 2.05) is 31.2 Å². The smallest absolute Gasteiger partial charge is 0.152 e. The third-order valence-corrected chi connectivity index (χ3v) is 5.35. The van der Waals surface area contributed by atoms with E-state index in [2.05, 4.69) is 26.3 Å². The quantitative estimate of drug-likeness (QED) is 0.0993. The van der Waals surface area contributed by atoms with E-state index in [9.17, 15) is 0 Å². The Morgan fingerprint density at radius 3 is 2.54 bits per heavy atom. The molecule has 1 aromatic rings. The second-order valence-corrected chi connectivity index (χ2v) is 7.44. The molecule has 0 bridgehead atoms. The third-order valence-electron chi connectivity index (χ3n) is 4.33. The summed E-state index contributed by atoms with van der Waals surface area (Å²) in [5, 5.41) is 5.40. The lowest BCUT2D eigenvalue weighted by Gasteiger charge is -2.15. The zero-order valence-electron chi connectivity index (χ0n) is 13.9. The van der Waals surface area contributed by atoms with Gasteiger partial charge in [0, 0.05) is 26.8 Å². The SMILES string of the molecule is CCN(N)/N=C(\N)c1ccc(OCCC2(CCOSI)CC2)cc1. The van der Waals surface area contributed by atoms with Crippen LogP contribution in [0.1, 0.15) is 38.2 Å². The number of hydrazine groups is 1. The van der Waals surface area contributed by atoms with Crippen molar-refractivity contribution < 1.29 is 8.92 Å². The number of benzene rings is 1. The van der Waals surface area contributed by atoms with Crippen molar-refractivity contribution in [1.82, 2.24) is 5.12 Å². The van der Waals surface area contributed by atoms with E-state index >= 15 is 0 Å². The van der Waals surface area contributed by atoms with Crippen LogP contribution in [0, 0.1) is 5.41 Å². The highest BCUT2D eigenvalue weighted by molar-refractivity contribution is 14.2. The van der Waals surface area contributed by atoms with Crippen molar-refractivity contribution in [2.24, 2.45) is 22.1 Å². The van der Waals surface area contributed by atoms with Gasteiger partial charge in [-0.15, -0.1) is 5.10 Å². The van der Waals surface area contributed by atoms with Crippen molar-refractivity contribution in [2.75, 3.05) is 19.8 Å². The van der Waals surface area contributed by atoms with Crippen LogP contribution >= 0.6 is 30.4 Å². The molecule has 4 N–H and O–H groups in total. The van der Waals surface area contributed by atoms with Crippen LogP contribution in [-0.2, 0) is 4.18 Å². The topological polar surface area (TPSA) is 86.1 Å². The van der Waals surface area contributed by atoms with Crippen molar-refractivity contribution in [3.63, 3.8) is 0 Å². The van der Waals surface area contributed by atoms with E-state index in [1.54, 1.807) is 0 Å². The zero-order valence-corrected chi connectivity index (χ0v) is 16.9. The molecule has 6 nitrogen and oxygen atoms in total. The summed E-state index contributed by atoms with van der Waals surface area (Å²) in [6.07, 6.45) is 4.76. The minimum atomic E-state index is 0.399. The summed E-state index contributed by atoms with van der Waals surface area (Å²) in [6.45, 7) is 4.06. The van der Waals surface area contributed by atoms with Gasteiger partial charge < -0.3 is 14.7 Å². The van der Waals surface area contributed by atoms with Gasteiger partial charge in [0.05, 0.1) is 29.0 Å². The molecule has 0 spiro atoms. The summed E-state index contributed by atoms with van der Waals surface area (Å²) in [6, 6.07) is 7.63. The Morgan fingerprint density at radius 1 is 1.29 bits per heavy atom. The first-order valence-electron chi connectivity index (χ1n) is 8.08. The van der Waals surface area contributed by atoms with Crippen molar-refractivity contribution in [3.05, 3.63) is 29.8 Å². The van der Waals surface area contributed by atoms with E-state index in [4.69, 9.17) is 20.5 Å². The number of hydrazone groups is 1. The summed E-state index contributed by atoms with van der Waals surface area (Å²) < 4.78 is 11.2. The number of nitrogens with two attached hydrogens (primary N) is 2. The molecule has 0 atom stereocenters. The Hall–Kier alpha value is -0.710. The molecule has 0 amide bonds. The first kappa shape index (κ1) is 19.6. The lowest BCUT2D eigenvalue weighted by Crippen LogP contribution is -2.29. The van der Waals surface area contributed by atoms with Crippen molar-refractivity contribution in [1.29, 1.82) is 0 Å². The Labute approximate surface area is 160 Å². The molecular weight excluding hydrogens is 439 g/mol. The van der Waals surface area contributed by atoms with Gasteiger partial charge in [-0.05, 0) is 62.3 Å². The lowest BCUT2D eigenvalue weighted by atomic mass is 9.99. The molecule has 0 radical (unpaired) electrons. The van der Waals surface area contributed by atoms with Crippen LogP contribution in [0.25, 0.3) is 0 Å². The number of hydrogen-bond donors (Lipinski definition) is 2. The van der Waals surface area contributed by atoms with Gasteiger partial charge in [0.25, 0.3) is 0 Å². The lowest BCUT2D eigenvalue weighted by molar-refractivity contribution is 0.239. The normalized spacial score (nSPS) is 16.0. The van der Waals surface area contributed by atoms with Crippen LogP contribution in [0.5, 0.6) is 5.75 Å². The van der Waals surface area contributed by atoms with E-state index in [-0.39, 0.29) is 0 Å². The number of halogens is 1. The van der Waals surface area contributed by atoms with Crippen LogP contribution in [0.3, 0.4) is 0 Å². The third kappa shape index (κ3) is 6.30. The minimum Gasteiger partial charge on any atom is -0.494 e. The first-order valence-corrected chi connectivity index (χ1v) is 11.4. The number of nitrogens with zero attached hydrogens (tertiary/aromatic N) is 2. The average Bonchev–Trinajstić information content (AvgIpc) is 3.35. The van der Waals surface area contributed by atoms with Gasteiger partial charge in [0.2, 0.25) is 0 Å². The Balaban J connectivity index is 1.77. The number of ether oxygens (including phenoxy) is 1. The van der Waals surface area contributed by atoms with Crippen LogP contribution in [0.15, 0.2) is 29.4 Å². The van der Waals surface area contributed by atoms with Crippen molar-refractivity contribution in [2.45, 2.75) is 32.6 Å². The molecule has 1 aliphatic rings. The maximum Gasteiger partial charge on any atom is 0.152 e. The Bertz CT molecular complexity index is 537. The van der Waals surface area contributed by atoms with Gasteiger partial charge in [0.15, 0.2) is 5.84 Å². The fraction of sp³-hybridized carbons (Fsp3) is 0.562. The molecule has 0 aromatic heterocycles. The maximum absolute atomic E-state index is 5.92. The molecule has 2 rings (SSSR count). The molecule has 0 aliphatic heterocycles. The Morgan fingerprint density at radius 2 is 1.96 bits per heavy atom. The summed E-state index contributed by atoms with van der Waals surface area (Å²) >= 11 is 2.15. The zero-order chi connectivity index (χ0) is 17.4. The van der Waals surface area contributed by atoms with E-state index in [0.717, 1.165) is 37.4 Å². The fourth-order valence-electron chi connectivity index (χ4n) is 2.47. The summed E-state index contributed by atoms with van der Waals surface area (Å²) in [5.41, 5.74) is 7.19. The summed E-state index contributed by atoms with van der Waals surface area (Å²) in [4.78, 5) is 0. The molecule has 0 unspecified atom stereocenters. The molecule has 134 valence electrons. The van der Waals surface area contributed by atoms with E-state index in [1.165, 1.54) is 27.2 Å². The molecule has 24 heavy (non-hydrogen) atoms. The van der Waals surface area contributed by atoms with Crippen LogP contribution in [0.4, 0.5) is 0 Å². The molecule has 0 heterocycles. The molecule has 1 fully saturated rings. The van der Waals surface area contributed by atoms with Gasteiger partial charge in [-0.1, -0.05) is 0 Å². The van der Waals surface area contributed by atoms with Gasteiger partial charge in [-0.3, -0.25) is 0 Å². The Kier molecular flexibility index (Phi) is 7.92. The van der Waals surface area contributed by atoms with Crippen molar-refractivity contribution >= 4 is 36.3 Å². The van der Waals surface area contributed by atoms with Crippen LogP contribution in [-0.4, -0.2) is 30.7 Å². The van der Waals surface area contributed by atoms with Crippen LogP contribution in [0.2, 0.25) is 0 Å².